The van der Waals surface area contributed by atoms with Crippen LogP contribution in [0.15, 0.2) is 24.3 Å². The van der Waals surface area contributed by atoms with E-state index in [2.05, 4.69) is 0 Å². The fraction of sp³-hybridized carbons (Fsp3) is 0.591. The number of hydrogen-bond donors (Lipinski definition) is 0. The van der Waals surface area contributed by atoms with Gasteiger partial charge in [0.05, 0.1) is 18.6 Å². The summed E-state index contributed by atoms with van der Waals surface area (Å²) in [5.41, 5.74) is 0.128. The number of rotatable bonds is 2. The van der Waals surface area contributed by atoms with Crippen LogP contribution in [-0.4, -0.2) is 66.0 Å². The molecule has 7 heteroatoms. The second-order valence-corrected chi connectivity index (χ2v) is 8.53. The van der Waals surface area contributed by atoms with E-state index >= 15 is 0 Å². The summed E-state index contributed by atoms with van der Waals surface area (Å²) in [6, 6.07) is 7.41. The van der Waals surface area contributed by atoms with Crippen molar-refractivity contribution < 1.29 is 23.9 Å². The normalized spacial score (nSPS) is 32.4. The molecule has 2 saturated carbocycles. The molecule has 0 radical (unpaired) electrons. The molecule has 7 nitrogen and oxygen atoms in total. The Hall–Kier alpha value is -2.57. The molecule has 3 fully saturated rings. The monoisotopic (exact) mass is 398 g/mol. The van der Waals surface area contributed by atoms with E-state index < -0.39 is 5.60 Å². The molecule has 1 saturated heterocycles. The molecule has 1 aromatic rings. The molecule has 4 atom stereocenters. The lowest BCUT2D eigenvalue weighted by Crippen LogP contribution is -2.52. The number of benzene rings is 1. The number of carbonyl (C=O) groups excluding carboxylic acids is 3. The number of piperazine rings is 1. The van der Waals surface area contributed by atoms with Crippen molar-refractivity contribution in [2.75, 3.05) is 32.8 Å². The first-order valence-electron chi connectivity index (χ1n) is 10.6. The molecule has 0 N–H and O–H groups in total. The second-order valence-electron chi connectivity index (χ2n) is 8.53. The van der Waals surface area contributed by atoms with Gasteiger partial charge < -0.3 is 19.3 Å². The molecule has 0 aromatic heterocycles. The van der Waals surface area contributed by atoms with Crippen molar-refractivity contribution in [3.63, 3.8) is 0 Å². The maximum absolute atomic E-state index is 13.2. The predicted molar refractivity (Wildman–Crippen MR) is 104 cm³/mol. The first-order valence-corrected chi connectivity index (χ1v) is 10.6. The van der Waals surface area contributed by atoms with E-state index in [0.29, 0.717) is 56.4 Å². The van der Waals surface area contributed by atoms with Gasteiger partial charge in [0.2, 0.25) is 5.91 Å². The van der Waals surface area contributed by atoms with Crippen molar-refractivity contribution in [2.45, 2.75) is 31.8 Å². The molecule has 2 amide bonds. The molecule has 2 heterocycles. The van der Waals surface area contributed by atoms with Crippen molar-refractivity contribution in [3.05, 3.63) is 29.8 Å². The third-order valence-corrected chi connectivity index (χ3v) is 7.04. The number of ketones is 1. The first kappa shape index (κ1) is 18.5. The highest BCUT2D eigenvalue weighted by atomic mass is 16.6. The Kier molecular flexibility index (Phi) is 4.29. The molecule has 154 valence electrons. The van der Waals surface area contributed by atoms with Crippen LogP contribution in [0.5, 0.6) is 5.75 Å². The molecule has 4 aliphatic rings. The van der Waals surface area contributed by atoms with Crippen LogP contribution in [-0.2, 0) is 9.53 Å². The summed E-state index contributed by atoms with van der Waals surface area (Å²) < 4.78 is 11.4. The van der Waals surface area contributed by atoms with Gasteiger partial charge in [-0.3, -0.25) is 9.59 Å². The largest absolute Gasteiger partial charge is 0.486 e. The van der Waals surface area contributed by atoms with E-state index in [4.69, 9.17) is 9.47 Å². The summed E-state index contributed by atoms with van der Waals surface area (Å²) in [5, 5.41) is 0. The number of carbonyl (C=O) groups is 3. The summed E-state index contributed by atoms with van der Waals surface area (Å²) in [6.07, 6.45) is 1.82. The fourth-order valence-corrected chi connectivity index (χ4v) is 5.63. The Morgan fingerprint density at radius 2 is 1.90 bits per heavy atom. The van der Waals surface area contributed by atoms with Gasteiger partial charge in [0.1, 0.15) is 11.4 Å². The fourth-order valence-electron chi connectivity index (χ4n) is 5.63. The Morgan fingerprint density at radius 1 is 1.17 bits per heavy atom. The third-order valence-electron chi connectivity index (χ3n) is 7.04. The van der Waals surface area contributed by atoms with Gasteiger partial charge in [0.25, 0.3) is 0 Å². The smallest absolute Gasteiger partial charge is 0.409 e. The lowest BCUT2D eigenvalue weighted by molar-refractivity contribution is -0.136. The van der Waals surface area contributed by atoms with Crippen molar-refractivity contribution in [1.29, 1.82) is 0 Å². The van der Waals surface area contributed by atoms with E-state index in [1.54, 1.807) is 11.8 Å². The Balaban J connectivity index is 1.26. The molecule has 0 unspecified atom stereocenters. The van der Waals surface area contributed by atoms with Crippen molar-refractivity contribution >= 4 is 17.8 Å². The molecule has 0 bridgehead atoms. The zero-order chi connectivity index (χ0) is 20.2. The SMILES string of the molecule is CCOC(=O)N1CCN(C(=O)[C@@H]2[C@@H]3CC[C@]4(CC(=O)c5ccccc5O4)[C@@H]32)CC1. The van der Waals surface area contributed by atoms with Crippen LogP contribution < -0.4 is 4.74 Å². The van der Waals surface area contributed by atoms with Crippen LogP contribution in [0.3, 0.4) is 0 Å². The number of Topliss-reactive ketones (excluding diaryl/α,β-unsaturated/α-hetero) is 1. The Morgan fingerprint density at radius 3 is 2.66 bits per heavy atom. The number of para-hydroxylation sites is 1. The van der Waals surface area contributed by atoms with Crippen molar-refractivity contribution in [1.82, 2.24) is 9.80 Å². The standard InChI is InChI=1S/C22H26N2O5/c1-2-28-21(27)24-11-9-23(10-12-24)20(26)18-15-7-8-22(19(15)18)13-16(25)14-5-3-4-6-17(14)29-22/h3-6,15,18-19H,2,7-13H2,1H3/t15-,18+,19-,22-/m0/s1. The lowest BCUT2D eigenvalue weighted by atomic mass is 9.84. The summed E-state index contributed by atoms with van der Waals surface area (Å²) in [4.78, 5) is 41.3. The molecular weight excluding hydrogens is 372 g/mol. The van der Waals surface area contributed by atoms with Gasteiger partial charge in [0, 0.05) is 38.0 Å². The minimum absolute atomic E-state index is 0.0593. The summed E-state index contributed by atoms with van der Waals surface area (Å²) in [5.74, 6) is 1.30. The minimum Gasteiger partial charge on any atom is -0.486 e. The number of ether oxygens (including phenoxy) is 2. The minimum atomic E-state index is -0.525. The van der Waals surface area contributed by atoms with Crippen LogP contribution in [0.4, 0.5) is 4.79 Å². The summed E-state index contributed by atoms with van der Waals surface area (Å²) in [6.45, 7) is 4.20. The Bertz CT molecular complexity index is 863. The predicted octanol–water partition coefficient (Wildman–Crippen LogP) is 2.35. The number of amides is 2. The van der Waals surface area contributed by atoms with E-state index in [1.165, 1.54) is 0 Å². The van der Waals surface area contributed by atoms with Crippen LogP contribution in [0.1, 0.15) is 36.5 Å². The zero-order valence-corrected chi connectivity index (χ0v) is 16.6. The maximum atomic E-state index is 13.2. The van der Waals surface area contributed by atoms with Crippen LogP contribution in [0.25, 0.3) is 0 Å². The molecule has 1 spiro atoms. The molecule has 5 rings (SSSR count). The van der Waals surface area contributed by atoms with Gasteiger partial charge in [-0.05, 0) is 37.8 Å². The van der Waals surface area contributed by atoms with Crippen molar-refractivity contribution in [2.24, 2.45) is 17.8 Å². The van der Waals surface area contributed by atoms with Gasteiger partial charge in [-0.2, -0.15) is 0 Å². The van der Waals surface area contributed by atoms with Gasteiger partial charge in [-0.1, -0.05) is 12.1 Å². The molecule has 29 heavy (non-hydrogen) atoms. The maximum Gasteiger partial charge on any atom is 0.409 e. The van der Waals surface area contributed by atoms with E-state index in [9.17, 15) is 14.4 Å². The molecular formula is C22H26N2O5. The molecule has 2 aliphatic carbocycles. The first-order chi connectivity index (χ1) is 14.0. The van der Waals surface area contributed by atoms with Crippen LogP contribution in [0, 0.1) is 17.8 Å². The Labute approximate surface area is 169 Å². The topological polar surface area (TPSA) is 76.2 Å². The number of fused-ring (bicyclic) bond motifs is 3. The summed E-state index contributed by atoms with van der Waals surface area (Å²) >= 11 is 0. The highest BCUT2D eigenvalue weighted by molar-refractivity contribution is 6.00. The second kappa shape index (κ2) is 6.75. The average Bonchev–Trinajstić information content (AvgIpc) is 3.38. The van der Waals surface area contributed by atoms with Gasteiger partial charge in [-0.15, -0.1) is 0 Å². The quantitative estimate of drug-likeness (QED) is 0.764. The van der Waals surface area contributed by atoms with Gasteiger partial charge in [-0.25, -0.2) is 4.79 Å². The zero-order valence-electron chi connectivity index (χ0n) is 16.6. The lowest BCUT2D eigenvalue weighted by Gasteiger charge is -2.38. The van der Waals surface area contributed by atoms with E-state index in [1.807, 2.05) is 29.2 Å². The van der Waals surface area contributed by atoms with Gasteiger partial charge in [0.15, 0.2) is 5.78 Å². The van der Waals surface area contributed by atoms with Crippen molar-refractivity contribution in [3.8, 4) is 5.75 Å². The molecule has 2 aliphatic heterocycles. The number of nitrogens with zero attached hydrogens (tertiary/aromatic N) is 2. The third kappa shape index (κ3) is 2.90. The average molecular weight is 398 g/mol. The summed E-state index contributed by atoms with van der Waals surface area (Å²) in [7, 11) is 0. The molecule has 1 aromatic carbocycles. The highest BCUT2D eigenvalue weighted by Gasteiger charge is 2.71. The van der Waals surface area contributed by atoms with E-state index in [0.717, 1.165) is 12.8 Å². The van der Waals surface area contributed by atoms with Gasteiger partial charge >= 0.3 is 6.09 Å². The number of hydrogen-bond acceptors (Lipinski definition) is 5. The van der Waals surface area contributed by atoms with Crippen LogP contribution >= 0.6 is 0 Å². The highest BCUT2D eigenvalue weighted by Crippen LogP contribution is 2.66. The van der Waals surface area contributed by atoms with E-state index in [-0.39, 0.29) is 29.6 Å². The van der Waals surface area contributed by atoms with Crippen LogP contribution in [0.2, 0.25) is 0 Å².